The van der Waals surface area contributed by atoms with E-state index >= 15 is 0 Å². The molecule has 1 saturated heterocycles. The molecule has 7 heteroatoms. The van der Waals surface area contributed by atoms with Crippen LogP contribution in [0.2, 0.25) is 0 Å². The van der Waals surface area contributed by atoms with Gasteiger partial charge in [-0.15, -0.1) is 0 Å². The van der Waals surface area contributed by atoms with E-state index in [1.54, 1.807) is 37.5 Å². The highest BCUT2D eigenvalue weighted by molar-refractivity contribution is 7.80. The first kappa shape index (κ1) is 24.0. The molecule has 6 nitrogen and oxygen atoms in total. The van der Waals surface area contributed by atoms with E-state index < -0.39 is 11.8 Å². The molecule has 0 aromatic heterocycles. The second-order valence-electron chi connectivity index (χ2n) is 9.59. The maximum Gasteiger partial charge on any atom is 0.270 e. The molecule has 2 aromatic carbocycles. The molecule has 0 bridgehead atoms. The van der Waals surface area contributed by atoms with E-state index in [-0.39, 0.29) is 16.2 Å². The number of hydrogen-bond donors (Lipinski definition) is 1. The standard InChI is InChI=1S/C27H31N3O3S/c1-7-29-23-12-16(2)18(13-21(23)17(3)15-27(29,4)5)14-22-24(31)28-26(34)30(25(22)32)19-8-10-20(33-6)11-9-19/h8-14,17H,7,15H2,1-6H3,(H,28,31,34)/b22-14+/t17-/m0/s1. The number of carbonyl (C=O) groups excluding carboxylic acids is 2. The fraction of sp³-hybridized carbons (Fsp3) is 0.370. The molecule has 0 saturated carbocycles. The Labute approximate surface area is 206 Å². The summed E-state index contributed by atoms with van der Waals surface area (Å²) in [5.41, 5.74) is 5.04. The lowest BCUT2D eigenvalue weighted by Gasteiger charge is -2.47. The van der Waals surface area contributed by atoms with Crippen molar-refractivity contribution in [1.29, 1.82) is 0 Å². The van der Waals surface area contributed by atoms with Crippen molar-refractivity contribution in [2.75, 3.05) is 23.5 Å². The van der Waals surface area contributed by atoms with Crippen LogP contribution in [0.25, 0.3) is 6.08 Å². The number of nitrogens with zero attached hydrogens (tertiary/aromatic N) is 2. The number of rotatable bonds is 4. The molecule has 2 heterocycles. The highest BCUT2D eigenvalue weighted by Crippen LogP contribution is 2.44. The lowest BCUT2D eigenvalue weighted by atomic mass is 9.79. The van der Waals surface area contributed by atoms with Crippen molar-refractivity contribution in [2.45, 2.75) is 52.5 Å². The van der Waals surface area contributed by atoms with Gasteiger partial charge in [-0.1, -0.05) is 6.92 Å². The zero-order chi connectivity index (χ0) is 24.8. The van der Waals surface area contributed by atoms with E-state index in [9.17, 15) is 9.59 Å². The highest BCUT2D eigenvalue weighted by Gasteiger charge is 2.37. The zero-order valence-corrected chi connectivity index (χ0v) is 21.4. The summed E-state index contributed by atoms with van der Waals surface area (Å²) in [6.07, 6.45) is 2.72. The molecule has 1 N–H and O–H groups in total. The molecule has 2 aliphatic heterocycles. The maximum absolute atomic E-state index is 13.4. The zero-order valence-electron chi connectivity index (χ0n) is 20.6. The van der Waals surface area contributed by atoms with Crippen molar-refractivity contribution in [2.24, 2.45) is 0 Å². The van der Waals surface area contributed by atoms with Gasteiger partial charge in [0.25, 0.3) is 11.8 Å². The van der Waals surface area contributed by atoms with Gasteiger partial charge in [0, 0.05) is 17.8 Å². The Morgan fingerprint density at radius 2 is 1.88 bits per heavy atom. The Hall–Kier alpha value is -3.19. The Kier molecular flexibility index (Phi) is 6.25. The number of fused-ring (bicyclic) bond motifs is 1. The number of ether oxygens (including phenoxy) is 1. The third-order valence-corrected chi connectivity index (χ3v) is 7.11. The normalized spacial score (nSPS) is 20.9. The van der Waals surface area contributed by atoms with Gasteiger partial charge in [-0.25, -0.2) is 0 Å². The summed E-state index contributed by atoms with van der Waals surface area (Å²) in [5.74, 6) is 0.105. The summed E-state index contributed by atoms with van der Waals surface area (Å²) in [6, 6.07) is 11.3. The molecule has 2 aliphatic rings. The van der Waals surface area contributed by atoms with Crippen molar-refractivity contribution < 1.29 is 14.3 Å². The molecule has 4 rings (SSSR count). The first-order valence-corrected chi connectivity index (χ1v) is 12.0. The van der Waals surface area contributed by atoms with Gasteiger partial charge in [-0.3, -0.25) is 19.8 Å². The molecule has 1 fully saturated rings. The van der Waals surface area contributed by atoms with Crippen LogP contribution in [-0.2, 0) is 9.59 Å². The van der Waals surface area contributed by atoms with Gasteiger partial charge in [-0.2, -0.15) is 0 Å². The Bertz CT molecular complexity index is 1200. The topological polar surface area (TPSA) is 61.9 Å². The average molecular weight is 478 g/mol. The molecule has 0 spiro atoms. The van der Waals surface area contributed by atoms with Gasteiger partial charge in [0.05, 0.1) is 12.8 Å². The summed E-state index contributed by atoms with van der Waals surface area (Å²) >= 11 is 5.32. The largest absolute Gasteiger partial charge is 0.497 e. The minimum absolute atomic E-state index is 0.0589. The van der Waals surface area contributed by atoms with E-state index in [1.165, 1.54) is 16.2 Å². The van der Waals surface area contributed by atoms with E-state index in [2.05, 4.69) is 50.0 Å². The van der Waals surface area contributed by atoms with Crippen molar-refractivity contribution in [3.63, 3.8) is 0 Å². The first-order chi connectivity index (χ1) is 16.1. The number of thiocarbonyl (C=S) groups is 1. The van der Waals surface area contributed by atoms with Gasteiger partial charge in [-0.05, 0) is 111 Å². The molecule has 1 atom stereocenters. The van der Waals surface area contributed by atoms with Crippen LogP contribution in [0, 0.1) is 6.92 Å². The third-order valence-electron chi connectivity index (χ3n) is 6.82. The molecule has 178 valence electrons. The van der Waals surface area contributed by atoms with Crippen molar-refractivity contribution in [3.8, 4) is 5.75 Å². The number of carbonyl (C=O) groups is 2. The van der Waals surface area contributed by atoms with Crippen LogP contribution in [0.5, 0.6) is 5.75 Å². The first-order valence-electron chi connectivity index (χ1n) is 11.5. The predicted octanol–water partition coefficient (Wildman–Crippen LogP) is 4.95. The second-order valence-corrected chi connectivity index (χ2v) is 9.97. The number of amides is 2. The molecule has 2 aromatic rings. The molecule has 0 aliphatic carbocycles. The molecular formula is C27H31N3O3S. The predicted molar refractivity (Wildman–Crippen MR) is 141 cm³/mol. The maximum atomic E-state index is 13.4. The minimum Gasteiger partial charge on any atom is -0.497 e. The van der Waals surface area contributed by atoms with Crippen molar-refractivity contribution in [1.82, 2.24) is 5.32 Å². The molecule has 2 amide bonds. The van der Waals surface area contributed by atoms with E-state index in [4.69, 9.17) is 17.0 Å². The van der Waals surface area contributed by atoms with Gasteiger partial charge in [0.15, 0.2) is 5.11 Å². The highest BCUT2D eigenvalue weighted by atomic mass is 32.1. The number of hydrogen-bond acceptors (Lipinski definition) is 5. The number of anilines is 2. The summed E-state index contributed by atoms with van der Waals surface area (Å²) in [7, 11) is 1.58. The van der Waals surface area contributed by atoms with Crippen LogP contribution >= 0.6 is 12.2 Å². The van der Waals surface area contributed by atoms with E-state index in [0.29, 0.717) is 17.4 Å². The van der Waals surface area contributed by atoms with Crippen LogP contribution in [0.1, 0.15) is 56.7 Å². The Morgan fingerprint density at radius 1 is 1.21 bits per heavy atom. The van der Waals surface area contributed by atoms with Crippen LogP contribution in [0.3, 0.4) is 0 Å². The second kappa shape index (κ2) is 8.87. The van der Waals surface area contributed by atoms with E-state index in [1.807, 2.05) is 6.92 Å². The van der Waals surface area contributed by atoms with Crippen LogP contribution < -0.4 is 19.9 Å². The molecule has 0 unspecified atom stereocenters. The smallest absolute Gasteiger partial charge is 0.270 e. The molecular weight excluding hydrogens is 446 g/mol. The van der Waals surface area contributed by atoms with E-state index in [0.717, 1.165) is 24.1 Å². The van der Waals surface area contributed by atoms with Crippen LogP contribution in [0.15, 0.2) is 42.0 Å². The van der Waals surface area contributed by atoms with Crippen LogP contribution in [0.4, 0.5) is 11.4 Å². The summed E-state index contributed by atoms with van der Waals surface area (Å²) < 4.78 is 5.20. The summed E-state index contributed by atoms with van der Waals surface area (Å²) in [6.45, 7) is 11.9. The SMILES string of the molecule is CCN1c2cc(C)c(/C=C3\C(=O)NC(=S)N(c4ccc(OC)cc4)C3=O)cc2[C@@H](C)CC1(C)C. The number of benzene rings is 2. The number of aryl methyl sites for hydroxylation is 1. The lowest BCUT2D eigenvalue weighted by Crippen LogP contribution is -2.54. The third kappa shape index (κ3) is 4.09. The minimum atomic E-state index is -0.485. The monoisotopic (exact) mass is 477 g/mol. The molecule has 0 radical (unpaired) electrons. The van der Waals surface area contributed by atoms with Gasteiger partial charge >= 0.3 is 0 Å². The quantitative estimate of drug-likeness (QED) is 0.384. The summed E-state index contributed by atoms with van der Waals surface area (Å²) in [5, 5.41) is 2.73. The Balaban J connectivity index is 1.75. The number of nitrogens with one attached hydrogen (secondary N) is 1. The Morgan fingerprint density at radius 3 is 2.50 bits per heavy atom. The van der Waals surface area contributed by atoms with Crippen LogP contribution in [-0.4, -0.2) is 36.1 Å². The number of methoxy groups -OCH3 is 1. The van der Waals surface area contributed by atoms with Gasteiger partial charge in [0.1, 0.15) is 11.3 Å². The van der Waals surface area contributed by atoms with Crippen molar-refractivity contribution >= 4 is 46.6 Å². The van der Waals surface area contributed by atoms with Crippen molar-refractivity contribution in [3.05, 3.63) is 58.7 Å². The molecule has 34 heavy (non-hydrogen) atoms. The average Bonchev–Trinajstić information content (AvgIpc) is 2.77. The van der Waals surface area contributed by atoms with Gasteiger partial charge < -0.3 is 9.64 Å². The fourth-order valence-electron chi connectivity index (χ4n) is 5.18. The summed E-state index contributed by atoms with van der Waals surface area (Å²) in [4.78, 5) is 30.0. The van der Waals surface area contributed by atoms with Gasteiger partial charge in [0.2, 0.25) is 0 Å². The fourth-order valence-corrected chi connectivity index (χ4v) is 5.46. The lowest BCUT2D eigenvalue weighted by molar-refractivity contribution is -0.122.